The molecule has 2 fully saturated rings. The number of rotatable bonds is 5. The zero-order chi connectivity index (χ0) is 12.8. The third kappa shape index (κ3) is 2.32. The summed E-state index contributed by atoms with van der Waals surface area (Å²) in [5, 5.41) is 14.3. The molecule has 1 aromatic rings. The maximum absolute atomic E-state index is 11.0. The van der Waals surface area contributed by atoms with E-state index >= 15 is 0 Å². The van der Waals surface area contributed by atoms with Gasteiger partial charge in [-0.05, 0) is 71.7 Å². The first-order chi connectivity index (χ1) is 8.61. The maximum Gasteiger partial charge on any atom is 0.293 e. The van der Waals surface area contributed by atoms with E-state index in [9.17, 15) is 10.1 Å². The minimum Gasteiger partial charge on any atom is -0.379 e. The summed E-state index contributed by atoms with van der Waals surface area (Å²) in [7, 11) is 0. The number of halogens is 1. The topological polar surface area (TPSA) is 55.2 Å². The minimum atomic E-state index is -0.304. The molecule has 0 unspecified atom stereocenters. The Hall–Kier alpha value is -0.850. The normalized spacial score (nSPS) is 20.5. The average Bonchev–Trinajstić information content (AvgIpc) is 3.19. The quantitative estimate of drug-likeness (QED) is 0.495. The Labute approximate surface area is 119 Å². The standard InChI is InChI=1S/C13H15IN2O2/c14-10-3-4-11(12(7-10)16(17)18)15-8-13(5-6-13)9-1-2-9/h3-4,7,9,15H,1-2,5-6,8H2. The van der Waals surface area contributed by atoms with E-state index in [-0.39, 0.29) is 10.6 Å². The van der Waals surface area contributed by atoms with Crippen LogP contribution in [0, 0.1) is 25.0 Å². The third-order valence-corrected chi connectivity index (χ3v) is 4.79. The molecule has 0 aromatic heterocycles. The summed E-state index contributed by atoms with van der Waals surface area (Å²) in [4.78, 5) is 10.7. The molecule has 4 nitrogen and oxygen atoms in total. The molecule has 0 amide bonds. The number of benzene rings is 1. The van der Waals surface area contributed by atoms with E-state index in [1.165, 1.54) is 25.7 Å². The predicted octanol–water partition coefficient (Wildman–Crippen LogP) is 3.80. The van der Waals surface area contributed by atoms with Gasteiger partial charge in [0.1, 0.15) is 5.69 Å². The van der Waals surface area contributed by atoms with Crippen molar-refractivity contribution in [3.8, 4) is 0 Å². The molecule has 0 atom stereocenters. The van der Waals surface area contributed by atoms with E-state index in [0.29, 0.717) is 11.1 Å². The van der Waals surface area contributed by atoms with Crippen molar-refractivity contribution in [1.29, 1.82) is 0 Å². The lowest BCUT2D eigenvalue weighted by atomic mass is 10.0. The molecule has 0 spiro atoms. The lowest BCUT2D eigenvalue weighted by Gasteiger charge is -2.16. The van der Waals surface area contributed by atoms with Crippen molar-refractivity contribution in [3.05, 3.63) is 31.9 Å². The lowest BCUT2D eigenvalue weighted by molar-refractivity contribution is -0.384. The average molecular weight is 358 g/mol. The molecule has 2 aliphatic rings. The molecular formula is C13H15IN2O2. The Morgan fingerprint density at radius 2 is 2.17 bits per heavy atom. The molecule has 0 aliphatic heterocycles. The zero-order valence-electron chi connectivity index (χ0n) is 9.99. The van der Waals surface area contributed by atoms with Crippen LogP contribution in [-0.4, -0.2) is 11.5 Å². The molecule has 96 valence electrons. The van der Waals surface area contributed by atoms with Crippen molar-refractivity contribution in [2.24, 2.45) is 11.3 Å². The molecule has 3 rings (SSSR count). The van der Waals surface area contributed by atoms with Crippen LogP contribution in [0.2, 0.25) is 0 Å². The first kappa shape index (κ1) is 12.2. The minimum absolute atomic E-state index is 0.188. The van der Waals surface area contributed by atoms with E-state index in [1.807, 2.05) is 12.1 Å². The number of nitro benzene ring substituents is 1. The van der Waals surface area contributed by atoms with Crippen LogP contribution in [0.4, 0.5) is 11.4 Å². The van der Waals surface area contributed by atoms with Gasteiger partial charge in [0.05, 0.1) is 4.92 Å². The van der Waals surface area contributed by atoms with Crippen molar-refractivity contribution in [1.82, 2.24) is 0 Å². The molecule has 0 radical (unpaired) electrons. The molecule has 1 aromatic carbocycles. The summed E-state index contributed by atoms with van der Waals surface area (Å²) in [5.74, 6) is 0.868. The molecule has 18 heavy (non-hydrogen) atoms. The van der Waals surface area contributed by atoms with Crippen LogP contribution in [0.5, 0.6) is 0 Å². The SMILES string of the molecule is O=[N+]([O-])c1cc(I)ccc1NCC1(C2CC2)CC1. The van der Waals surface area contributed by atoms with Gasteiger partial charge in [-0.1, -0.05) is 0 Å². The number of nitrogens with one attached hydrogen (secondary N) is 1. The third-order valence-electron chi connectivity index (χ3n) is 4.12. The van der Waals surface area contributed by atoms with Crippen molar-refractivity contribution in [3.63, 3.8) is 0 Å². The van der Waals surface area contributed by atoms with Gasteiger partial charge in [0.25, 0.3) is 5.69 Å². The summed E-state index contributed by atoms with van der Waals surface area (Å²) in [6.07, 6.45) is 5.25. The Morgan fingerprint density at radius 3 is 2.72 bits per heavy atom. The van der Waals surface area contributed by atoms with Crippen molar-refractivity contribution in [2.75, 3.05) is 11.9 Å². The summed E-state index contributed by atoms with van der Waals surface area (Å²) in [5.41, 5.74) is 1.30. The lowest BCUT2D eigenvalue weighted by Crippen LogP contribution is -2.18. The summed E-state index contributed by atoms with van der Waals surface area (Å²) < 4.78 is 0.896. The van der Waals surface area contributed by atoms with Gasteiger partial charge in [-0.3, -0.25) is 10.1 Å². The Bertz CT molecular complexity index is 496. The van der Waals surface area contributed by atoms with E-state index in [0.717, 1.165) is 16.0 Å². The highest BCUT2D eigenvalue weighted by Crippen LogP contribution is 2.61. The van der Waals surface area contributed by atoms with Gasteiger partial charge in [-0.25, -0.2) is 0 Å². The van der Waals surface area contributed by atoms with Crippen LogP contribution in [-0.2, 0) is 0 Å². The molecule has 0 heterocycles. The van der Waals surface area contributed by atoms with Gasteiger partial charge in [-0.2, -0.15) is 0 Å². The number of nitro groups is 1. The zero-order valence-corrected chi connectivity index (χ0v) is 12.1. The predicted molar refractivity (Wildman–Crippen MR) is 78.7 cm³/mol. The molecule has 2 saturated carbocycles. The second kappa shape index (κ2) is 4.36. The van der Waals surface area contributed by atoms with Crippen molar-refractivity contribution < 1.29 is 4.92 Å². The molecule has 5 heteroatoms. The summed E-state index contributed by atoms with van der Waals surface area (Å²) in [6.45, 7) is 0.888. The Balaban J connectivity index is 1.74. The van der Waals surface area contributed by atoms with Crippen molar-refractivity contribution >= 4 is 34.0 Å². The highest BCUT2D eigenvalue weighted by molar-refractivity contribution is 14.1. The van der Waals surface area contributed by atoms with Gasteiger partial charge in [0, 0.05) is 16.2 Å². The molecular weight excluding hydrogens is 343 g/mol. The molecule has 2 aliphatic carbocycles. The molecule has 1 N–H and O–H groups in total. The number of nitrogens with zero attached hydrogens (tertiary/aromatic N) is 1. The summed E-state index contributed by atoms with van der Waals surface area (Å²) in [6, 6.07) is 5.36. The van der Waals surface area contributed by atoms with Crippen LogP contribution in [0.1, 0.15) is 25.7 Å². The van der Waals surface area contributed by atoms with Gasteiger partial charge >= 0.3 is 0 Å². The Morgan fingerprint density at radius 1 is 1.44 bits per heavy atom. The second-order valence-corrected chi connectivity index (χ2v) is 6.65. The van der Waals surface area contributed by atoms with Gasteiger partial charge in [-0.15, -0.1) is 0 Å². The van der Waals surface area contributed by atoms with Crippen molar-refractivity contribution in [2.45, 2.75) is 25.7 Å². The first-order valence-electron chi connectivity index (χ1n) is 6.29. The van der Waals surface area contributed by atoms with Gasteiger partial charge in [0.15, 0.2) is 0 Å². The highest BCUT2D eigenvalue weighted by Gasteiger charge is 2.53. The first-order valence-corrected chi connectivity index (χ1v) is 7.36. The van der Waals surface area contributed by atoms with E-state index in [1.54, 1.807) is 6.07 Å². The molecule has 0 bridgehead atoms. The monoisotopic (exact) mass is 358 g/mol. The number of hydrogen-bond donors (Lipinski definition) is 1. The van der Waals surface area contributed by atoms with Crippen LogP contribution >= 0.6 is 22.6 Å². The Kier molecular flexibility index (Phi) is 2.96. The second-order valence-electron chi connectivity index (χ2n) is 5.41. The molecule has 0 saturated heterocycles. The van der Waals surface area contributed by atoms with Crippen LogP contribution in [0.25, 0.3) is 0 Å². The fraction of sp³-hybridized carbons (Fsp3) is 0.538. The van der Waals surface area contributed by atoms with Crippen LogP contribution in [0.3, 0.4) is 0 Å². The van der Waals surface area contributed by atoms with Gasteiger partial charge < -0.3 is 5.32 Å². The van der Waals surface area contributed by atoms with E-state index < -0.39 is 0 Å². The summed E-state index contributed by atoms with van der Waals surface area (Å²) >= 11 is 2.10. The van der Waals surface area contributed by atoms with E-state index in [4.69, 9.17) is 0 Å². The fourth-order valence-electron chi connectivity index (χ4n) is 2.66. The van der Waals surface area contributed by atoms with E-state index in [2.05, 4.69) is 27.9 Å². The maximum atomic E-state index is 11.0. The van der Waals surface area contributed by atoms with Gasteiger partial charge in [0.2, 0.25) is 0 Å². The smallest absolute Gasteiger partial charge is 0.293 e. The number of hydrogen-bond acceptors (Lipinski definition) is 3. The number of anilines is 1. The largest absolute Gasteiger partial charge is 0.379 e. The van der Waals surface area contributed by atoms with Crippen LogP contribution in [0.15, 0.2) is 18.2 Å². The fourth-order valence-corrected chi connectivity index (χ4v) is 3.14. The van der Waals surface area contributed by atoms with Crippen LogP contribution < -0.4 is 5.32 Å². The highest BCUT2D eigenvalue weighted by atomic mass is 127.